The topological polar surface area (TPSA) is 75.3 Å². The molecule has 28 heavy (non-hydrogen) atoms. The number of sulfonamides is 1. The number of fused-ring (bicyclic) bond motifs is 1. The molecule has 1 aliphatic heterocycles. The molecule has 0 fully saturated rings. The van der Waals surface area contributed by atoms with Gasteiger partial charge in [-0.05, 0) is 29.8 Å². The number of carbonyl (C=O) groups excluding carboxylic acids is 1. The first-order chi connectivity index (χ1) is 12.8. The van der Waals surface area contributed by atoms with Gasteiger partial charge in [0.1, 0.15) is 0 Å². The van der Waals surface area contributed by atoms with E-state index in [1.54, 1.807) is 0 Å². The second kappa shape index (κ2) is 6.40. The highest BCUT2D eigenvalue weighted by Gasteiger charge is 2.38. The second-order valence-corrected chi connectivity index (χ2v) is 7.55. The summed E-state index contributed by atoms with van der Waals surface area (Å²) < 4.78 is 105. The highest BCUT2D eigenvalue weighted by atomic mass is 32.2. The summed E-state index contributed by atoms with van der Waals surface area (Å²) in [6.45, 7) is 0.117. The molecule has 150 valence electrons. The van der Waals surface area contributed by atoms with Crippen molar-refractivity contribution in [2.75, 3.05) is 4.72 Å². The third-order valence-corrected chi connectivity index (χ3v) is 5.28. The number of hydrogen-bond donors (Lipinski definition) is 2. The van der Waals surface area contributed by atoms with E-state index in [2.05, 4.69) is 5.32 Å². The van der Waals surface area contributed by atoms with Crippen molar-refractivity contribution in [1.29, 1.82) is 0 Å². The summed E-state index contributed by atoms with van der Waals surface area (Å²) in [5, 5.41) is 2.44. The lowest BCUT2D eigenvalue weighted by atomic mass is 10.1. The molecular weight excluding hydrogens is 414 g/mol. The van der Waals surface area contributed by atoms with Crippen LogP contribution in [0.4, 0.5) is 32.0 Å². The largest absolute Gasteiger partial charge is 0.416 e. The van der Waals surface area contributed by atoms with Crippen LogP contribution >= 0.6 is 0 Å². The van der Waals surface area contributed by atoms with Crippen LogP contribution in [0.15, 0.2) is 41.3 Å². The molecule has 0 aromatic heterocycles. The van der Waals surface area contributed by atoms with Gasteiger partial charge in [0.15, 0.2) is 0 Å². The van der Waals surface area contributed by atoms with Gasteiger partial charge in [-0.1, -0.05) is 12.1 Å². The Morgan fingerprint density at radius 3 is 2.04 bits per heavy atom. The smallest absolute Gasteiger partial charge is 0.348 e. The van der Waals surface area contributed by atoms with Crippen LogP contribution in [-0.4, -0.2) is 14.3 Å². The van der Waals surface area contributed by atoms with Gasteiger partial charge < -0.3 is 5.32 Å². The number of hydrogen-bond acceptors (Lipinski definition) is 3. The molecule has 1 aliphatic rings. The minimum absolute atomic E-state index is 0.0471. The lowest BCUT2D eigenvalue weighted by Crippen LogP contribution is -2.19. The Bertz CT molecular complexity index is 1030. The monoisotopic (exact) mass is 424 g/mol. The molecule has 1 amide bonds. The number of rotatable bonds is 3. The Morgan fingerprint density at radius 1 is 0.929 bits per heavy atom. The Hall–Kier alpha value is -2.76. The minimum Gasteiger partial charge on any atom is -0.348 e. The molecule has 0 spiro atoms. The Morgan fingerprint density at radius 2 is 1.50 bits per heavy atom. The Kier molecular flexibility index (Phi) is 4.57. The number of amides is 1. The fourth-order valence-electron chi connectivity index (χ4n) is 2.65. The van der Waals surface area contributed by atoms with Crippen molar-refractivity contribution < 1.29 is 39.6 Å². The van der Waals surface area contributed by atoms with Crippen molar-refractivity contribution in [3.63, 3.8) is 0 Å². The van der Waals surface area contributed by atoms with Crippen LogP contribution in [0.1, 0.15) is 27.0 Å². The number of carbonyl (C=O) groups is 1. The highest BCUT2D eigenvalue weighted by Crippen LogP contribution is 2.37. The normalized spacial score (nSPS) is 14.6. The third kappa shape index (κ3) is 3.77. The molecule has 1 heterocycles. The first-order valence-electron chi connectivity index (χ1n) is 7.51. The van der Waals surface area contributed by atoms with Crippen LogP contribution in [0.3, 0.4) is 0 Å². The number of anilines is 1. The SMILES string of the molecule is O=C1NCc2cccc(NS(=O)(=O)c3cc(C(F)(F)F)cc(C(F)(F)F)c3)c21. The van der Waals surface area contributed by atoms with Crippen LogP contribution in [-0.2, 0) is 28.9 Å². The molecular formula is C16H10F6N2O3S. The van der Waals surface area contributed by atoms with Gasteiger partial charge in [-0.25, -0.2) is 8.42 Å². The van der Waals surface area contributed by atoms with E-state index >= 15 is 0 Å². The van der Waals surface area contributed by atoms with E-state index in [4.69, 9.17) is 0 Å². The lowest BCUT2D eigenvalue weighted by molar-refractivity contribution is -0.143. The minimum atomic E-state index is -5.20. The maximum absolute atomic E-state index is 12.9. The molecule has 5 nitrogen and oxygen atoms in total. The zero-order valence-corrected chi connectivity index (χ0v) is 14.4. The van der Waals surface area contributed by atoms with E-state index in [9.17, 15) is 39.6 Å². The van der Waals surface area contributed by atoms with Crippen molar-refractivity contribution in [1.82, 2.24) is 5.32 Å². The Balaban J connectivity index is 2.10. The first-order valence-corrected chi connectivity index (χ1v) is 9.00. The fourth-order valence-corrected chi connectivity index (χ4v) is 3.79. The van der Waals surface area contributed by atoms with Gasteiger partial charge >= 0.3 is 12.4 Å². The summed E-state index contributed by atoms with van der Waals surface area (Å²) >= 11 is 0. The van der Waals surface area contributed by atoms with Crippen molar-refractivity contribution in [3.05, 3.63) is 58.7 Å². The summed E-state index contributed by atoms with van der Waals surface area (Å²) in [5.74, 6) is -0.617. The van der Waals surface area contributed by atoms with E-state index in [1.807, 2.05) is 4.72 Å². The van der Waals surface area contributed by atoms with Gasteiger partial charge in [-0.3, -0.25) is 9.52 Å². The highest BCUT2D eigenvalue weighted by molar-refractivity contribution is 7.92. The molecule has 0 saturated carbocycles. The van der Waals surface area contributed by atoms with Gasteiger partial charge in [0.05, 0.1) is 27.3 Å². The molecule has 0 saturated heterocycles. The standard InChI is InChI=1S/C16H10F6N2O3S/c17-15(18,19)9-4-10(16(20,21)22)6-11(5-9)28(26,27)24-12-3-1-2-8-7-23-14(25)13(8)12/h1-6,24H,7H2,(H,23,25). The summed E-state index contributed by atoms with van der Waals surface area (Å²) in [4.78, 5) is 10.6. The van der Waals surface area contributed by atoms with Crippen LogP contribution in [0.5, 0.6) is 0 Å². The van der Waals surface area contributed by atoms with E-state index in [0.717, 1.165) is 0 Å². The van der Waals surface area contributed by atoms with E-state index in [0.29, 0.717) is 5.56 Å². The number of nitrogens with one attached hydrogen (secondary N) is 2. The van der Waals surface area contributed by atoms with Crippen molar-refractivity contribution >= 4 is 21.6 Å². The average molecular weight is 424 g/mol. The zero-order valence-electron chi connectivity index (χ0n) is 13.6. The van der Waals surface area contributed by atoms with Crippen molar-refractivity contribution in [3.8, 4) is 0 Å². The van der Waals surface area contributed by atoms with Gasteiger partial charge in [0.2, 0.25) is 0 Å². The molecule has 2 N–H and O–H groups in total. The van der Waals surface area contributed by atoms with Crippen LogP contribution in [0.2, 0.25) is 0 Å². The Labute approximate surface area is 154 Å². The number of benzene rings is 2. The maximum atomic E-state index is 12.9. The summed E-state index contributed by atoms with van der Waals surface area (Å²) in [6.07, 6.45) is -10.4. The quantitative estimate of drug-likeness (QED) is 0.737. The molecule has 2 aromatic carbocycles. The molecule has 2 aromatic rings. The summed E-state index contributed by atoms with van der Waals surface area (Å²) in [5.41, 5.74) is -3.39. The average Bonchev–Trinajstić information content (AvgIpc) is 2.95. The number of halogens is 6. The van der Waals surface area contributed by atoms with Gasteiger partial charge in [-0.2, -0.15) is 26.3 Å². The van der Waals surface area contributed by atoms with Gasteiger partial charge in [0, 0.05) is 6.54 Å². The molecule has 0 aliphatic carbocycles. The van der Waals surface area contributed by atoms with Gasteiger partial charge in [-0.15, -0.1) is 0 Å². The molecule has 0 unspecified atom stereocenters. The summed E-state index contributed by atoms with van der Waals surface area (Å²) in [7, 11) is -4.85. The maximum Gasteiger partial charge on any atom is 0.416 e. The lowest BCUT2D eigenvalue weighted by Gasteiger charge is -2.16. The second-order valence-electron chi connectivity index (χ2n) is 5.87. The molecule has 0 atom stereocenters. The molecule has 12 heteroatoms. The van der Waals surface area contributed by atoms with Crippen LogP contribution in [0, 0.1) is 0 Å². The predicted molar refractivity (Wildman–Crippen MR) is 84.9 cm³/mol. The van der Waals surface area contributed by atoms with Gasteiger partial charge in [0.25, 0.3) is 15.9 Å². The van der Waals surface area contributed by atoms with Crippen LogP contribution < -0.4 is 10.0 Å². The number of alkyl halides is 6. The third-order valence-electron chi connectivity index (χ3n) is 3.93. The van der Waals surface area contributed by atoms with E-state index in [-0.39, 0.29) is 36.0 Å². The van der Waals surface area contributed by atoms with Crippen molar-refractivity contribution in [2.45, 2.75) is 23.8 Å². The molecule has 0 radical (unpaired) electrons. The molecule has 3 rings (SSSR count). The predicted octanol–water partition coefficient (Wildman–Crippen LogP) is 3.77. The summed E-state index contributed by atoms with van der Waals surface area (Å²) in [6, 6.07) is 4.12. The van der Waals surface area contributed by atoms with Crippen molar-refractivity contribution in [2.24, 2.45) is 0 Å². The van der Waals surface area contributed by atoms with Crippen LogP contribution in [0.25, 0.3) is 0 Å². The first kappa shape index (κ1) is 20.0. The zero-order chi connectivity index (χ0) is 20.9. The van der Waals surface area contributed by atoms with E-state index in [1.165, 1.54) is 18.2 Å². The molecule has 0 bridgehead atoms. The fraction of sp³-hybridized carbons (Fsp3) is 0.188. The van der Waals surface area contributed by atoms with E-state index < -0.39 is 44.3 Å².